The summed E-state index contributed by atoms with van der Waals surface area (Å²) < 4.78 is 9.72. The highest BCUT2D eigenvalue weighted by molar-refractivity contribution is 5.87. The summed E-state index contributed by atoms with van der Waals surface area (Å²) in [5, 5.41) is 0. The van der Waals surface area contributed by atoms with Crippen molar-refractivity contribution in [1.29, 1.82) is 0 Å². The Morgan fingerprint density at radius 3 is 2.83 bits per heavy atom. The highest BCUT2D eigenvalue weighted by Crippen LogP contribution is 2.59. The molecule has 1 aromatic rings. The maximum Gasteiger partial charge on any atom is 0.513 e. The molecule has 4 heteroatoms. The van der Waals surface area contributed by atoms with Crippen LogP contribution in [0.3, 0.4) is 0 Å². The van der Waals surface area contributed by atoms with Gasteiger partial charge < -0.3 is 9.47 Å². The molecule has 0 unspecified atom stereocenters. The van der Waals surface area contributed by atoms with Gasteiger partial charge in [-0.25, -0.2) is 4.79 Å². The molecule has 0 bridgehead atoms. The van der Waals surface area contributed by atoms with Crippen molar-refractivity contribution in [3.63, 3.8) is 0 Å². The zero-order valence-corrected chi connectivity index (χ0v) is 14.3. The fourth-order valence-electron chi connectivity index (χ4n) is 5.53. The first-order valence-corrected chi connectivity index (χ1v) is 8.95. The molecule has 2 fully saturated rings. The highest BCUT2D eigenvalue weighted by atomic mass is 16.7. The smallest absolute Gasteiger partial charge is 0.437 e. The van der Waals surface area contributed by atoms with E-state index in [-0.39, 0.29) is 5.41 Å². The van der Waals surface area contributed by atoms with Gasteiger partial charge in [0.1, 0.15) is 11.5 Å². The third-order valence-electron chi connectivity index (χ3n) is 6.77. The average molecular weight is 328 g/mol. The molecule has 0 spiro atoms. The Balaban J connectivity index is 1.61. The van der Waals surface area contributed by atoms with Crippen LogP contribution in [0.25, 0.3) is 0 Å². The Hall–Kier alpha value is -1.84. The van der Waals surface area contributed by atoms with E-state index in [4.69, 9.17) is 4.74 Å². The molecule has 0 heterocycles. The maximum absolute atomic E-state index is 12.4. The minimum Gasteiger partial charge on any atom is -0.437 e. The Labute approximate surface area is 142 Å². The van der Waals surface area contributed by atoms with E-state index < -0.39 is 6.16 Å². The zero-order chi connectivity index (χ0) is 16.9. The predicted octanol–water partition coefficient (Wildman–Crippen LogP) is 4.26. The molecule has 3 aliphatic carbocycles. The lowest BCUT2D eigenvalue weighted by Gasteiger charge is -2.48. The number of ketones is 1. The van der Waals surface area contributed by atoms with Gasteiger partial charge in [0.15, 0.2) is 0 Å². The summed E-state index contributed by atoms with van der Waals surface area (Å²) in [5.74, 6) is 2.75. The minimum atomic E-state index is -0.679. The SMILES string of the molecule is COC(=O)Oc1ccc2c(c1)CC[C@@H]1[C@@H]2CC[C@]2(C)C(=O)CC[C@H]12. The number of aryl methyl sites for hydroxylation is 1. The monoisotopic (exact) mass is 328 g/mol. The summed E-state index contributed by atoms with van der Waals surface area (Å²) in [6.07, 6.45) is 5.38. The van der Waals surface area contributed by atoms with Crippen molar-refractivity contribution >= 4 is 11.9 Å². The van der Waals surface area contributed by atoms with Crippen LogP contribution >= 0.6 is 0 Å². The van der Waals surface area contributed by atoms with Crippen LogP contribution in [0.15, 0.2) is 18.2 Å². The van der Waals surface area contributed by atoms with E-state index in [2.05, 4.69) is 17.7 Å². The van der Waals surface area contributed by atoms with Crippen molar-refractivity contribution in [3.8, 4) is 5.75 Å². The molecule has 0 amide bonds. The summed E-state index contributed by atoms with van der Waals surface area (Å²) in [6, 6.07) is 5.96. The van der Waals surface area contributed by atoms with Gasteiger partial charge in [0.05, 0.1) is 7.11 Å². The van der Waals surface area contributed by atoms with Crippen LogP contribution in [0.4, 0.5) is 4.79 Å². The van der Waals surface area contributed by atoms with Gasteiger partial charge in [-0.3, -0.25) is 4.79 Å². The van der Waals surface area contributed by atoms with E-state index >= 15 is 0 Å². The number of hydrogen-bond donors (Lipinski definition) is 0. The van der Waals surface area contributed by atoms with E-state index in [0.717, 1.165) is 38.5 Å². The second kappa shape index (κ2) is 5.61. The molecule has 0 N–H and O–H groups in total. The van der Waals surface area contributed by atoms with Crippen molar-refractivity contribution in [2.24, 2.45) is 17.3 Å². The van der Waals surface area contributed by atoms with Crippen LogP contribution < -0.4 is 4.74 Å². The van der Waals surface area contributed by atoms with Crippen molar-refractivity contribution in [2.75, 3.05) is 7.11 Å². The van der Waals surface area contributed by atoms with Gasteiger partial charge >= 0.3 is 6.16 Å². The summed E-state index contributed by atoms with van der Waals surface area (Å²) >= 11 is 0. The topological polar surface area (TPSA) is 52.6 Å². The van der Waals surface area contributed by atoms with Crippen molar-refractivity contribution in [3.05, 3.63) is 29.3 Å². The lowest BCUT2D eigenvalue weighted by Crippen LogP contribution is -2.42. The molecule has 0 saturated heterocycles. The third kappa shape index (κ3) is 2.27. The predicted molar refractivity (Wildman–Crippen MR) is 89.1 cm³/mol. The lowest BCUT2D eigenvalue weighted by molar-refractivity contribution is -0.129. The normalized spacial score (nSPS) is 34.1. The molecule has 4 rings (SSSR count). The quantitative estimate of drug-likeness (QED) is 0.571. The standard InChI is InChI=1S/C20H24O4/c1-20-10-9-15-14-6-4-13(24-19(22)23-2)11-12(14)3-5-16(15)17(20)7-8-18(20)21/h4,6,11,15-17H,3,5,7-10H2,1-2H3/t15-,16-,17-,20+/m1/s1. The molecular weight excluding hydrogens is 304 g/mol. The molecule has 0 aliphatic heterocycles. The number of methoxy groups -OCH3 is 1. The Morgan fingerprint density at radius 1 is 1.21 bits per heavy atom. The van der Waals surface area contributed by atoms with Gasteiger partial charge in [-0.2, -0.15) is 0 Å². The molecule has 128 valence electrons. The third-order valence-corrected chi connectivity index (χ3v) is 6.77. The molecule has 3 aliphatic rings. The van der Waals surface area contributed by atoms with Crippen molar-refractivity contribution in [2.45, 2.75) is 51.4 Å². The van der Waals surface area contributed by atoms with Crippen molar-refractivity contribution in [1.82, 2.24) is 0 Å². The second-order valence-corrected chi connectivity index (χ2v) is 7.75. The van der Waals surface area contributed by atoms with Crippen LogP contribution in [0.5, 0.6) is 5.75 Å². The Morgan fingerprint density at radius 2 is 2.04 bits per heavy atom. The first-order valence-electron chi connectivity index (χ1n) is 8.95. The van der Waals surface area contributed by atoms with Crippen LogP contribution in [-0.4, -0.2) is 19.0 Å². The van der Waals surface area contributed by atoms with Crippen LogP contribution in [0, 0.1) is 17.3 Å². The molecule has 4 nitrogen and oxygen atoms in total. The Bertz CT molecular complexity index is 695. The van der Waals surface area contributed by atoms with E-state index in [1.165, 1.54) is 18.2 Å². The van der Waals surface area contributed by atoms with Gasteiger partial charge in [0.2, 0.25) is 0 Å². The number of carbonyl (C=O) groups is 2. The summed E-state index contributed by atoms with van der Waals surface area (Å²) in [7, 11) is 1.31. The molecule has 0 aromatic heterocycles. The van der Waals surface area contributed by atoms with Gasteiger partial charge in [0, 0.05) is 11.8 Å². The summed E-state index contributed by atoms with van der Waals surface area (Å²) in [6.45, 7) is 2.20. The number of ether oxygens (including phenoxy) is 2. The fourth-order valence-corrected chi connectivity index (χ4v) is 5.53. The van der Waals surface area contributed by atoms with E-state index in [0.29, 0.717) is 29.3 Å². The first kappa shape index (κ1) is 15.7. The zero-order valence-electron chi connectivity index (χ0n) is 14.3. The highest BCUT2D eigenvalue weighted by Gasteiger charge is 2.54. The van der Waals surface area contributed by atoms with Crippen molar-refractivity contribution < 1.29 is 19.1 Å². The average Bonchev–Trinajstić information content (AvgIpc) is 2.89. The number of carbonyl (C=O) groups excluding carboxylic acids is 2. The maximum atomic E-state index is 12.4. The van der Waals surface area contributed by atoms with Crippen LogP contribution in [-0.2, 0) is 16.0 Å². The lowest BCUT2D eigenvalue weighted by atomic mass is 9.55. The minimum absolute atomic E-state index is 0.0768. The van der Waals surface area contributed by atoms with E-state index in [9.17, 15) is 9.59 Å². The summed E-state index contributed by atoms with van der Waals surface area (Å²) in [5.41, 5.74) is 2.60. The number of rotatable bonds is 1. The largest absolute Gasteiger partial charge is 0.513 e. The molecule has 24 heavy (non-hydrogen) atoms. The molecular formula is C20H24O4. The van der Waals surface area contributed by atoms with Crippen LogP contribution in [0.2, 0.25) is 0 Å². The molecule has 1 aromatic carbocycles. The second-order valence-electron chi connectivity index (χ2n) is 7.75. The van der Waals surface area contributed by atoms with E-state index in [1.54, 1.807) is 0 Å². The summed E-state index contributed by atoms with van der Waals surface area (Å²) in [4.78, 5) is 23.7. The molecule has 0 radical (unpaired) electrons. The number of benzene rings is 1. The van der Waals surface area contributed by atoms with Crippen LogP contribution in [0.1, 0.15) is 56.1 Å². The van der Waals surface area contributed by atoms with Gasteiger partial charge in [0.25, 0.3) is 0 Å². The Kier molecular flexibility index (Phi) is 3.66. The molecule has 2 saturated carbocycles. The van der Waals surface area contributed by atoms with Gasteiger partial charge in [-0.05, 0) is 73.1 Å². The van der Waals surface area contributed by atoms with E-state index in [1.807, 2.05) is 12.1 Å². The number of fused-ring (bicyclic) bond motifs is 5. The van der Waals surface area contributed by atoms with Gasteiger partial charge in [-0.15, -0.1) is 0 Å². The first-order chi connectivity index (χ1) is 11.5. The number of Topliss-reactive ketones (excluding diaryl/α,β-unsaturated/α-hetero) is 1. The fraction of sp³-hybridized carbons (Fsp3) is 0.600. The molecule has 4 atom stereocenters. The number of hydrogen-bond acceptors (Lipinski definition) is 4. The van der Waals surface area contributed by atoms with Gasteiger partial charge in [-0.1, -0.05) is 13.0 Å².